The van der Waals surface area contributed by atoms with Gasteiger partial charge in [0.25, 0.3) is 5.56 Å². The van der Waals surface area contributed by atoms with E-state index >= 15 is 0 Å². The van der Waals surface area contributed by atoms with E-state index in [4.69, 9.17) is 5.10 Å². The first-order valence-electron chi connectivity index (χ1n) is 9.77. The number of anilines is 1. The van der Waals surface area contributed by atoms with E-state index in [9.17, 15) is 9.35 Å². The smallest absolute Gasteiger partial charge is 0.290 e. The van der Waals surface area contributed by atoms with Gasteiger partial charge in [0.2, 0.25) is 0 Å². The maximum Gasteiger partial charge on any atom is 0.290 e. The Hall–Kier alpha value is -1.83. The molecule has 7 heteroatoms. The topological polar surface area (TPSA) is 64.4 Å². The largest absolute Gasteiger partial charge is 0.612 e. The third-order valence-electron chi connectivity index (χ3n) is 5.19. The van der Waals surface area contributed by atoms with Gasteiger partial charge >= 0.3 is 0 Å². The molecule has 1 aliphatic rings. The Balaban J connectivity index is 2.11. The summed E-state index contributed by atoms with van der Waals surface area (Å²) < 4.78 is 13.3. The van der Waals surface area contributed by atoms with Crippen LogP contribution in [0.15, 0.2) is 34.0 Å². The van der Waals surface area contributed by atoms with Crippen molar-refractivity contribution in [1.29, 1.82) is 0 Å². The number of rotatable bonds is 5. The molecular formula is C21H30N4O2S. The molecule has 0 aliphatic carbocycles. The van der Waals surface area contributed by atoms with Crippen LogP contribution < -0.4 is 10.5 Å². The summed E-state index contributed by atoms with van der Waals surface area (Å²) in [4.78, 5) is 18.5. The minimum atomic E-state index is -1.01. The van der Waals surface area contributed by atoms with Crippen LogP contribution in [0.25, 0.3) is 11.3 Å². The van der Waals surface area contributed by atoms with E-state index in [0.717, 1.165) is 53.6 Å². The van der Waals surface area contributed by atoms with Gasteiger partial charge in [-0.05, 0) is 55.3 Å². The van der Waals surface area contributed by atoms with Crippen molar-refractivity contribution in [3.8, 4) is 11.3 Å². The third-order valence-corrected chi connectivity index (χ3v) is 6.12. The summed E-state index contributed by atoms with van der Waals surface area (Å²) >= 11 is -1.01. The Morgan fingerprint density at radius 1 is 1.14 bits per heavy atom. The van der Waals surface area contributed by atoms with Crippen molar-refractivity contribution in [3.05, 3.63) is 40.2 Å². The van der Waals surface area contributed by atoms with Gasteiger partial charge in [0.1, 0.15) is 11.9 Å². The van der Waals surface area contributed by atoms with Gasteiger partial charge in [-0.2, -0.15) is 5.10 Å². The van der Waals surface area contributed by atoms with Crippen molar-refractivity contribution < 1.29 is 4.55 Å². The summed E-state index contributed by atoms with van der Waals surface area (Å²) in [6.45, 7) is 10.3. The molecule has 0 amide bonds. The summed E-state index contributed by atoms with van der Waals surface area (Å²) in [7, 11) is 2.11. The Labute approximate surface area is 170 Å². The quantitative estimate of drug-likeness (QED) is 0.719. The van der Waals surface area contributed by atoms with Gasteiger partial charge in [-0.15, -0.1) is 0 Å². The summed E-state index contributed by atoms with van der Waals surface area (Å²) in [6.07, 6.45) is 1.67. The zero-order valence-electron chi connectivity index (χ0n) is 17.4. The molecule has 1 aromatic carbocycles. The second kappa shape index (κ2) is 8.68. The molecule has 1 aliphatic heterocycles. The predicted molar refractivity (Wildman–Crippen MR) is 116 cm³/mol. The van der Waals surface area contributed by atoms with Crippen molar-refractivity contribution in [1.82, 2.24) is 14.7 Å². The Morgan fingerprint density at radius 3 is 2.29 bits per heavy atom. The lowest BCUT2D eigenvalue weighted by molar-refractivity contribution is 0.312. The first-order chi connectivity index (χ1) is 13.3. The van der Waals surface area contributed by atoms with Crippen LogP contribution in [0.5, 0.6) is 0 Å². The minimum Gasteiger partial charge on any atom is -0.612 e. The fraction of sp³-hybridized carbons (Fsp3) is 0.524. The van der Waals surface area contributed by atoms with Crippen molar-refractivity contribution in [2.24, 2.45) is 5.92 Å². The standard InChI is InChI=1S/C21H30N4O2S/c1-15(2)14-25-21(26)20(24-12-10-23(4)11-13-24)16(3)19(22-25)17-6-8-18(9-7-17)28(5)27/h6-9,15H,10-14H2,1-5H3. The summed E-state index contributed by atoms with van der Waals surface area (Å²) in [6, 6.07) is 7.65. The highest BCUT2D eigenvalue weighted by atomic mass is 32.2. The van der Waals surface area contributed by atoms with Crippen molar-refractivity contribution in [3.63, 3.8) is 0 Å². The molecule has 0 N–H and O–H groups in total. The normalized spacial score (nSPS) is 16.6. The molecule has 2 aromatic rings. The molecule has 0 saturated carbocycles. The third kappa shape index (κ3) is 4.42. The van der Waals surface area contributed by atoms with Crippen LogP contribution in [-0.2, 0) is 17.7 Å². The van der Waals surface area contributed by atoms with E-state index < -0.39 is 11.2 Å². The number of likely N-dealkylation sites (N-methyl/N-ethyl adjacent to an activating group) is 1. The first-order valence-corrected chi connectivity index (χ1v) is 11.3. The van der Waals surface area contributed by atoms with Gasteiger partial charge in [0, 0.05) is 43.9 Å². The number of benzene rings is 1. The van der Waals surface area contributed by atoms with Gasteiger partial charge in [-0.1, -0.05) is 13.8 Å². The van der Waals surface area contributed by atoms with Crippen molar-refractivity contribution >= 4 is 16.9 Å². The molecule has 1 atom stereocenters. The van der Waals surface area contributed by atoms with Crippen LogP contribution in [0, 0.1) is 12.8 Å². The molecule has 28 heavy (non-hydrogen) atoms. The van der Waals surface area contributed by atoms with Gasteiger partial charge in [-0.3, -0.25) is 4.79 Å². The van der Waals surface area contributed by atoms with Crippen LogP contribution in [0.4, 0.5) is 5.69 Å². The lowest BCUT2D eigenvalue weighted by atomic mass is 10.1. The molecule has 0 spiro atoms. The maximum atomic E-state index is 13.2. The molecular weight excluding hydrogens is 372 g/mol. The summed E-state index contributed by atoms with van der Waals surface area (Å²) in [5.41, 5.74) is 3.44. The average Bonchev–Trinajstić information content (AvgIpc) is 2.65. The number of aromatic nitrogens is 2. The second-order valence-electron chi connectivity index (χ2n) is 7.97. The minimum absolute atomic E-state index is 0.00853. The highest BCUT2D eigenvalue weighted by Gasteiger charge is 2.23. The molecule has 1 saturated heterocycles. The van der Waals surface area contributed by atoms with Gasteiger partial charge < -0.3 is 14.4 Å². The highest BCUT2D eigenvalue weighted by Crippen LogP contribution is 2.28. The fourth-order valence-electron chi connectivity index (χ4n) is 3.59. The zero-order chi connectivity index (χ0) is 20.4. The number of hydrogen-bond donors (Lipinski definition) is 0. The zero-order valence-corrected chi connectivity index (χ0v) is 18.3. The number of hydrogen-bond acceptors (Lipinski definition) is 5. The molecule has 6 nitrogen and oxygen atoms in total. The van der Waals surface area contributed by atoms with Gasteiger partial charge in [0.05, 0.1) is 5.69 Å². The molecule has 1 fully saturated rings. The lowest BCUT2D eigenvalue weighted by Crippen LogP contribution is -2.47. The molecule has 1 aromatic heterocycles. The number of piperazine rings is 1. The maximum absolute atomic E-state index is 13.2. The molecule has 2 heterocycles. The molecule has 1 unspecified atom stereocenters. The van der Waals surface area contributed by atoms with Crippen LogP contribution >= 0.6 is 0 Å². The fourth-order valence-corrected chi connectivity index (χ4v) is 4.11. The van der Waals surface area contributed by atoms with E-state index in [1.54, 1.807) is 10.9 Å². The Kier molecular flexibility index (Phi) is 6.47. The van der Waals surface area contributed by atoms with Crippen molar-refractivity contribution in [2.45, 2.75) is 32.2 Å². The SMILES string of the molecule is Cc1c(-c2ccc([S+](C)[O-])cc2)nn(CC(C)C)c(=O)c1N1CCN(C)CC1. The first kappa shape index (κ1) is 20.9. The number of nitrogens with zero attached hydrogens (tertiary/aromatic N) is 4. The Bertz CT molecular complexity index is 869. The van der Waals surface area contributed by atoms with E-state index in [2.05, 4.69) is 30.7 Å². The van der Waals surface area contributed by atoms with E-state index in [1.165, 1.54) is 0 Å². The van der Waals surface area contributed by atoms with E-state index in [1.807, 2.05) is 31.2 Å². The summed E-state index contributed by atoms with van der Waals surface area (Å²) in [5.74, 6) is 0.325. The second-order valence-corrected chi connectivity index (χ2v) is 9.35. The highest BCUT2D eigenvalue weighted by molar-refractivity contribution is 7.90. The molecule has 152 valence electrons. The molecule has 0 radical (unpaired) electrons. The van der Waals surface area contributed by atoms with Crippen LogP contribution in [0.3, 0.4) is 0 Å². The summed E-state index contributed by atoms with van der Waals surface area (Å²) in [5, 5.41) is 4.72. The van der Waals surface area contributed by atoms with E-state index in [-0.39, 0.29) is 5.56 Å². The van der Waals surface area contributed by atoms with E-state index in [0.29, 0.717) is 12.5 Å². The van der Waals surface area contributed by atoms with Crippen molar-refractivity contribution in [2.75, 3.05) is 44.4 Å². The monoisotopic (exact) mass is 402 g/mol. The lowest BCUT2D eigenvalue weighted by Gasteiger charge is -2.34. The van der Waals surface area contributed by atoms with Crippen LogP contribution in [-0.4, -0.2) is 58.7 Å². The Morgan fingerprint density at radius 2 is 1.75 bits per heavy atom. The van der Waals surface area contributed by atoms with Gasteiger partial charge in [-0.25, -0.2) is 4.68 Å². The molecule has 0 bridgehead atoms. The predicted octanol–water partition coefficient (Wildman–Crippen LogP) is 2.36. The van der Waals surface area contributed by atoms with Gasteiger partial charge in [0.15, 0.2) is 4.90 Å². The average molecular weight is 403 g/mol. The van der Waals surface area contributed by atoms with Crippen LogP contribution in [0.1, 0.15) is 19.4 Å². The van der Waals surface area contributed by atoms with Crippen LogP contribution in [0.2, 0.25) is 0 Å². The molecule has 3 rings (SSSR count).